The summed E-state index contributed by atoms with van der Waals surface area (Å²) >= 11 is 1.27. The van der Waals surface area contributed by atoms with Crippen LogP contribution in [0.3, 0.4) is 0 Å². The zero-order valence-electron chi connectivity index (χ0n) is 22.3. The molecule has 0 spiro atoms. The first kappa shape index (κ1) is 27.2. The zero-order valence-corrected chi connectivity index (χ0v) is 23.1. The topological polar surface area (TPSA) is 88.4 Å². The Bertz CT molecular complexity index is 1520. The fraction of sp³-hybridized carbons (Fsp3) is 0.345. The molecule has 1 aromatic heterocycles. The molecule has 38 heavy (non-hydrogen) atoms. The van der Waals surface area contributed by atoms with Gasteiger partial charge in [-0.15, -0.1) is 0 Å². The second-order valence-electron chi connectivity index (χ2n) is 8.81. The summed E-state index contributed by atoms with van der Waals surface area (Å²) in [5.41, 5.74) is 2.13. The van der Waals surface area contributed by atoms with Crippen molar-refractivity contribution in [3.63, 3.8) is 0 Å². The molecule has 0 saturated heterocycles. The van der Waals surface area contributed by atoms with E-state index in [1.807, 2.05) is 30.3 Å². The van der Waals surface area contributed by atoms with E-state index >= 15 is 0 Å². The highest BCUT2D eigenvalue weighted by molar-refractivity contribution is 7.07. The quantitative estimate of drug-likeness (QED) is 0.288. The van der Waals surface area contributed by atoms with E-state index in [0.29, 0.717) is 38.7 Å². The minimum Gasteiger partial charge on any atom is -0.494 e. The van der Waals surface area contributed by atoms with Crippen LogP contribution < -0.4 is 29.1 Å². The lowest BCUT2D eigenvalue weighted by molar-refractivity contribution is -0.136. The molecule has 3 aromatic rings. The normalized spacial score (nSPS) is 15.1. The number of esters is 1. The van der Waals surface area contributed by atoms with E-state index in [9.17, 15) is 9.59 Å². The van der Waals surface area contributed by atoms with E-state index in [1.165, 1.54) is 18.4 Å². The standard InChI is InChI=1S/C29H32N2O6S/c1-6-7-8-15-37-21-12-10-20(11-13-21)26-25(28(33)36-5)18(2)30-29-31(26)27(32)24(38-29)17-19-9-14-22(34-3)23(16-19)35-4/h9-14,16-17,26H,6-8,15H2,1-5H3. The zero-order chi connectivity index (χ0) is 27.2. The molecule has 2 heterocycles. The van der Waals surface area contributed by atoms with Crippen LogP contribution in [0, 0.1) is 0 Å². The maximum Gasteiger partial charge on any atom is 0.338 e. The van der Waals surface area contributed by atoms with Gasteiger partial charge in [0.1, 0.15) is 5.75 Å². The van der Waals surface area contributed by atoms with Crippen LogP contribution in [-0.4, -0.2) is 38.5 Å². The number of carbonyl (C=O) groups is 1. The maximum absolute atomic E-state index is 13.7. The van der Waals surface area contributed by atoms with E-state index in [2.05, 4.69) is 11.9 Å². The molecule has 0 aliphatic carbocycles. The Morgan fingerprint density at radius 3 is 2.45 bits per heavy atom. The highest BCUT2D eigenvalue weighted by Gasteiger charge is 2.33. The number of carbonyl (C=O) groups excluding carboxylic acids is 1. The van der Waals surface area contributed by atoms with Crippen LogP contribution in [0.2, 0.25) is 0 Å². The Balaban J connectivity index is 1.79. The van der Waals surface area contributed by atoms with Crippen LogP contribution in [0.1, 0.15) is 50.3 Å². The van der Waals surface area contributed by atoms with Crippen molar-refractivity contribution >= 4 is 23.4 Å². The fourth-order valence-corrected chi connectivity index (χ4v) is 5.44. The number of allylic oxidation sites excluding steroid dienone is 1. The maximum atomic E-state index is 13.7. The molecule has 1 aliphatic heterocycles. The Morgan fingerprint density at radius 1 is 1.05 bits per heavy atom. The molecule has 4 rings (SSSR count). The van der Waals surface area contributed by atoms with Gasteiger partial charge in [0.25, 0.3) is 5.56 Å². The van der Waals surface area contributed by atoms with Gasteiger partial charge in [-0.05, 0) is 54.8 Å². The van der Waals surface area contributed by atoms with Crippen molar-refractivity contribution < 1.29 is 23.7 Å². The number of methoxy groups -OCH3 is 3. The lowest BCUT2D eigenvalue weighted by Gasteiger charge is -2.24. The van der Waals surface area contributed by atoms with Crippen molar-refractivity contribution in [2.24, 2.45) is 4.99 Å². The number of nitrogens with zero attached hydrogens (tertiary/aromatic N) is 2. The monoisotopic (exact) mass is 536 g/mol. The smallest absolute Gasteiger partial charge is 0.338 e. The lowest BCUT2D eigenvalue weighted by atomic mass is 9.96. The molecule has 8 nitrogen and oxygen atoms in total. The fourth-order valence-electron chi connectivity index (χ4n) is 4.39. The SMILES string of the molecule is CCCCCOc1ccc(C2C(C(=O)OC)=C(C)N=c3sc(=Cc4ccc(OC)c(OC)c4)c(=O)n32)cc1. The summed E-state index contributed by atoms with van der Waals surface area (Å²) in [5, 5.41) is 0. The minimum absolute atomic E-state index is 0.248. The van der Waals surface area contributed by atoms with Gasteiger partial charge in [-0.3, -0.25) is 9.36 Å². The first-order valence-corrected chi connectivity index (χ1v) is 13.3. The Kier molecular flexibility index (Phi) is 8.68. The molecule has 0 bridgehead atoms. The van der Waals surface area contributed by atoms with E-state index in [-0.39, 0.29) is 5.56 Å². The van der Waals surface area contributed by atoms with Gasteiger partial charge < -0.3 is 18.9 Å². The third kappa shape index (κ3) is 5.52. The van der Waals surface area contributed by atoms with Gasteiger partial charge in [0.05, 0.1) is 49.8 Å². The van der Waals surface area contributed by atoms with Crippen molar-refractivity contribution in [2.45, 2.75) is 39.2 Å². The van der Waals surface area contributed by atoms with Crippen molar-refractivity contribution in [3.8, 4) is 17.2 Å². The Morgan fingerprint density at radius 2 is 1.79 bits per heavy atom. The van der Waals surface area contributed by atoms with Gasteiger partial charge in [-0.1, -0.05) is 49.3 Å². The number of benzene rings is 2. The van der Waals surface area contributed by atoms with Crippen LogP contribution in [0.4, 0.5) is 0 Å². The molecule has 0 N–H and O–H groups in total. The number of hydrogen-bond donors (Lipinski definition) is 0. The van der Waals surface area contributed by atoms with Gasteiger partial charge >= 0.3 is 5.97 Å². The number of ether oxygens (including phenoxy) is 4. The molecule has 0 saturated carbocycles. The summed E-state index contributed by atoms with van der Waals surface area (Å²) in [5.74, 6) is 1.38. The number of thiazole rings is 1. The second-order valence-corrected chi connectivity index (χ2v) is 9.82. The van der Waals surface area contributed by atoms with Crippen molar-refractivity contribution in [3.05, 3.63) is 84.5 Å². The average molecular weight is 537 g/mol. The van der Waals surface area contributed by atoms with Gasteiger partial charge in [0, 0.05) is 0 Å². The van der Waals surface area contributed by atoms with Gasteiger partial charge in [0.2, 0.25) is 0 Å². The summed E-state index contributed by atoms with van der Waals surface area (Å²) in [7, 11) is 4.46. The molecule has 0 fully saturated rings. The van der Waals surface area contributed by atoms with Crippen LogP contribution in [-0.2, 0) is 9.53 Å². The highest BCUT2D eigenvalue weighted by atomic mass is 32.1. The van der Waals surface area contributed by atoms with Crippen LogP contribution in [0.15, 0.2) is 63.5 Å². The van der Waals surface area contributed by atoms with E-state index in [1.54, 1.807) is 43.9 Å². The highest BCUT2D eigenvalue weighted by Crippen LogP contribution is 2.32. The Hall–Kier alpha value is -3.85. The van der Waals surface area contributed by atoms with Gasteiger partial charge in [-0.25, -0.2) is 9.79 Å². The van der Waals surface area contributed by atoms with Crippen molar-refractivity contribution in [1.82, 2.24) is 4.57 Å². The summed E-state index contributed by atoms with van der Waals surface area (Å²) in [4.78, 5) is 31.7. The molecule has 0 amide bonds. The first-order valence-electron chi connectivity index (χ1n) is 12.5. The number of unbranched alkanes of at least 4 members (excludes halogenated alkanes) is 2. The molecule has 1 aliphatic rings. The Labute approximate surface area is 225 Å². The molecule has 1 atom stereocenters. The summed E-state index contributed by atoms with van der Waals surface area (Å²) < 4.78 is 23.7. The molecule has 0 radical (unpaired) electrons. The third-order valence-corrected chi connectivity index (χ3v) is 7.33. The number of aromatic nitrogens is 1. The van der Waals surface area contributed by atoms with Crippen molar-refractivity contribution in [2.75, 3.05) is 27.9 Å². The van der Waals surface area contributed by atoms with Crippen molar-refractivity contribution in [1.29, 1.82) is 0 Å². The second kappa shape index (κ2) is 12.1. The van der Waals surface area contributed by atoms with E-state index < -0.39 is 12.0 Å². The predicted molar refractivity (Wildman–Crippen MR) is 147 cm³/mol. The molecular weight excluding hydrogens is 504 g/mol. The average Bonchev–Trinajstić information content (AvgIpc) is 3.24. The lowest BCUT2D eigenvalue weighted by Crippen LogP contribution is -2.39. The summed E-state index contributed by atoms with van der Waals surface area (Å²) in [6.45, 7) is 4.55. The van der Waals surface area contributed by atoms with Crippen LogP contribution in [0.25, 0.3) is 6.08 Å². The number of fused-ring (bicyclic) bond motifs is 1. The number of hydrogen-bond acceptors (Lipinski definition) is 8. The molecular formula is C29H32N2O6S. The van der Waals surface area contributed by atoms with E-state index in [4.69, 9.17) is 18.9 Å². The summed E-state index contributed by atoms with van der Waals surface area (Å²) in [6.07, 6.45) is 5.01. The first-order chi connectivity index (χ1) is 18.4. The van der Waals surface area contributed by atoms with Gasteiger partial charge in [-0.2, -0.15) is 0 Å². The summed E-state index contributed by atoms with van der Waals surface area (Å²) in [6, 6.07) is 12.3. The third-order valence-electron chi connectivity index (χ3n) is 6.34. The predicted octanol–water partition coefficient (Wildman–Crippen LogP) is 3.99. The van der Waals surface area contributed by atoms with Gasteiger partial charge in [0.15, 0.2) is 16.3 Å². The minimum atomic E-state index is -0.680. The van der Waals surface area contributed by atoms with Crippen LogP contribution in [0.5, 0.6) is 17.2 Å². The molecule has 1 unspecified atom stereocenters. The molecule has 200 valence electrons. The van der Waals surface area contributed by atoms with Crippen LogP contribution >= 0.6 is 11.3 Å². The molecule has 9 heteroatoms. The largest absolute Gasteiger partial charge is 0.494 e. The van der Waals surface area contributed by atoms with E-state index in [0.717, 1.165) is 36.1 Å². The number of rotatable bonds is 10. The molecule has 2 aromatic carbocycles.